The Balaban J connectivity index is 1.56. The second kappa shape index (κ2) is 9.53. The molecule has 30 heavy (non-hydrogen) atoms. The average Bonchev–Trinajstić information content (AvgIpc) is 2.73. The van der Waals surface area contributed by atoms with Crippen LogP contribution in [0.4, 0.5) is 5.69 Å². The molecule has 0 saturated heterocycles. The molecule has 0 bridgehead atoms. The van der Waals surface area contributed by atoms with E-state index in [0.29, 0.717) is 22.3 Å². The topological polar surface area (TPSA) is 93.5 Å². The van der Waals surface area contributed by atoms with Gasteiger partial charge in [-0.25, -0.2) is 4.98 Å². The van der Waals surface area contributed by atoms with E-state index in [1.807, 2.05) is 6.07 Å². The van der Waals surface area contributed by atoms with Gasteiger partial charge in [-0.3, -0.25) is 19.0 Å². The molecule has 3 rings (SSSR count). The van der Waals surface area contributed by atoms with Gasteiger partial charge in [0.25, 0.3) is 11.5 Å². The second-order valence-corrected chi connectivity index (χ2v) is 7.72. The highest BCUT2D eigenvalue weighted by molar-refractivity contribution is 9.10. The largest absolute Gasteiger partial charge is 0.484 e. The van der Waals surface area contributed by atoms with Gasteiger partial charge in [0, 0.05) is 37.2 Å². The third-order valence-electron chi connectivity index (χ3n) is 4.37. The van der Waals surface area contributed by atoms with Gasteiger partial charge in [-0.2, -0.15) is 0 Å². The molecule has 0 atom stereocenters. The zero-order valence-electron chi connectivity index (χ0n) is 16.6. The van der Waals surface area contributed by atoms with Crippen LogP contribution in [-0.4, -0.2) is 47.0 Å². The Morgan fingerprint density at radius 2 is 1.90 bits per heavy atom. The Bertz CT molecular complexity index is 1130. The minimum atomic E-state index is -0.229. The number of nitrogens with one attached hydrogen (secondary N) is 1. The number of rotatable bonds is 7. The molecule has 0 aliphatic carbocycles. The lowest BCUT2D eigenvalue weighted by molar-refractivity contribution is -0.130. The van der Waals surface area contributed by atoms with Crippen LogP contribution in [0.15, 0.2) is 58.1 Å². The summed E-state index contributed by atoms with van der Waals surface area (Å²) in [5.41, 5.74) is 1.01. The Hall–Kier alpha value is -3.20. The van der Waals surface area contributed by atoms with Gasteiger partial charge in [0.15, 0.2) is 6.61 Å². The second-order valence-electron chi connectivity index (χ2n) is 6.80. The first-order chi connectivity index (χ1) is 14.3. The molecular formula is C21H21BrN4O4. The molecule has 0 unspecified atom stereocenters. The number of likely N-dealkylation sites (N-methyl/N-ethyl adjacent to an activating group) is 1. The number of carbonyl (C=O) groups excluding carboxylic acids is 2. The standard InChI is InChI=1S/C21H21BrN4O4/c1-25(2)20(28)12-30-16-6-4-15(5-7-16)24-19(27)9-10-26-13-23-18-8-3-14(22)11-17(18)21(26)29/h3-8,11,13H,9-10,12H2,1-2H3,(H,24,27). The third kappa shape index (κ3) is 5.44. The van der Waals surface area contributed by atoms with Crippen LogP contribution >= 0.6 is 15.9 Å². The van der Waals surface area contributed by atoms with E-state index in [1.54, 1.807) is 50.5 Å². The molecule has 2 amide bonds. The molecule has 156 valence electrons. The SMILES string of the molecule is CN(C)C(=O)COc1ccc(NC(=O)CCn2cnc3ccc(Br)cc3c2=O)cc1. The van der Waals surface area contributed by atoms with Gasteiger partial charge in [-0.15, -0.1) is 0 Å². The smallest absolute Gasteiger partial charge is 0.261 e. The molecule has 0 saturated carbocycles. The first-order valence-electron chi connectivity index (χ1n) is 9.21. The monoisotopic (exact) mass is 472 g/mol. The van der Waals surface area contributed by atoms with E-state index in [9.17, 15) is 14.4 Å². The molecule has 0 fully saturated rings. The number of benzene rings is 2. The van der Waals surface area contributed by atoms with Crippen molar-refractivity contribution >= 4 is 44.3 Å². The summed E-state index contributed by atoms with van der Waals surface area (Å²) >= 11 is 3.35. The van der Waals surface area contributed by atoms with Crippen molar-refractivity contribution in [1.29, 1.82) is 0 Å². The van der Waals surface area contributed by atoms with Crippen LogP contribution in [0.25, 0.3) is 10.9 Å². The van der Waals surface area contributed by atoms with Gasteiger partial charge in [-0.05, 0) is 42.5 Å². The van der Waals surface area contributed by atoms with Gasteiger partial charge < -0.3 is 15.0 Å². The van der Waals surface area contributed by atoms with Crippen molar-refractivity contribution in [2.24, 2.45) is 0 Å². The van der Waals surface area contributed by atoms with E-state index in [-0.39, 0.29) is 36.9 Å². The van der Waals surface area contributed by atoms with Crippen molar-refractivity contribution in [3.63, 3.8) is 0 Å². The summed E-state index contributed by atoms with van der Waals surface area (Å²) in [5.74, 6) is 0.161. The van der Waals surface area contributed by atoms with Gasteiger partial charge in [0.05, 0.1) is 17.2 Å². The highest BCUT2D eigenvalue weighted by atomic mass is 79.9. The molecule has 0 aliphatic rings. The van der Waals surface area contributed by atoms with Crippen LogP contribution in [-0.2, 0) is 16.1 Å². The van der Waals surface area contributed by atoms with Gasteiger partial charge in [0.1, 0.15) is 5.75 Å². The molecule has 2 aromatic carbocycles. The van der Waals surface area contributed by atoms with Gasteiger partial charge >= 0.3 is 0 Å². The van der Waals surface area contributed by atoms with Gasteiger partial charge in [-0.1, -0.05) is 15.9 Å². The van der Waals surface area contributed by atoms with Crippen molar-refractivity contribution in [1.82, 2.24) is 14.5 Å². The van der Waals surface area contributed by atoms with Crippen molar-refractivity contribution in [3.8, 4) is 5.75 Å². The molecule has 9 heteroatoms. The summed E-state index contributed by atoms with van der Waals surface area (Å²) in [7, 11) is 3.32. The number of ether oxygens (including phenoxy) is 1. The number of anilines is 1. The minimum absolute atomic E-state index is 0.0518. The number of carbonyl (C=O) groups is 2. The molecule has 0 aliphatic heterocycles. The van der Waals surface area contributed by atoms with Crippen molar-refractivity contribution < 1.29 is 14.3 Å². The maximum Gasteiger partial charge on any atom is 0.261 e. The number of aromatic nitrogens is 2. The lowest BCUT2D eigenvalue weighted by atomic mass is 10.2. The number of nitrogens with zero attached hydrogens (tertiary/aromatic N) is 3. The lowest BCUT2D eigenvalue weighted by Gasteiger charge is -2.12. The number of aryl methyl sites for hydroxylation is 1. The fraction of sp³-hybridized carbons (Fsp3) is 0.238. The van der Waals surface area contributed by atoms with Gasteiger partial charge in [0.2, 0.25) is 5.91 Å². The molecule has 1 N–H and O–H groups in total. The predicted molar refractivity (Wildman–Crippen MR) is 118 cm³/mol. The molecule has 0 radical (unpaired) electrons. The summed E-state index contributed by atoms with van der Waals surface area (Å²) in [4.78, 5) is 42.1. The molecule has 1 heterocycles. The summed E-state index contributed by atoms with van der Waals surface area (Å²) < 4.78 is 7.62. The average molecular weight is 473 g/mol. The number of fused-ring (bicyclic) bond motifs is 1. The van der Waals surface area contributed by atoms with Crippen molar-refractivity contribution in [3.05, 3.63) is 63.6 Å². The van der Waals surface area contributed by atoms with Crippen LogP contribution < -0.4 is 15.6 Å². The fourth-order valence-electron chi connectivity index (χ4n) is 2.64. The van der Waals surface area contributed by atoms with Crippen LogP contribution in [0, 0.1) is 0 Å². The zero-order valence-corrected chi connectivity index (χ0v) is 18.2. The molecule has 1 aromatic heterocycles. The molecule has 0 spiro atoms. The van der Waals surface area contributed by atoms with E-state index in [4.69, 9.17) is 4.74 Å². The Morgan fingerprint density at radius 1 is 1.17 bits per heavy atom. The maximum atomic E-state index is 12.6. The number of amides is 2. The normalized spacial score (nSPS) is 10.6. The number of halogens is 1. The van der Waals surface area contributed by atoms with Crippen molar-refractivity contribution in [2.75, 3.05) is 26.0 Å². The predicted octanol–water partition coefficient (Wildman–Crippen LogP) is 2.65. The molecule has 8 nitrogen and oxygen atoms in total. The number of hydrogen-bond donors (Lipinski definition) is 1. The highest BCUT2D eigenvalue weighted by Crippen LogP contribution is 2.17. The lowest BCUT2D eigenvalue weighted by Crippen LogP contribution is -2.27. The van der Waals surface area contributed by atoms with Crippen LogP contribution in [0.1, 0.15) is 6.42 Å². The van der Waals surface area contributed by atoms with E-state index in [0.717, 1.165) is 4.47 Å². The fourth-order valence-corrected chi connectivity index (χ4v) is 3.01. The summed E-state index contributed by atoms with van der Waals surface area (Å²) in [6.45, 7) is 0.164. The quantitative estimate of drug-likeness (QED) is 0.570. The Morgan fingerprint density at radius 3 is 2.60 bits per heavy atom. The highest BCUT2D eigenvalue weighted by Gasteiger charge is 2.09. The first kappa shape index (κ1) is 21.5. The Kier molecular flexibility index (Phi) is 6.83. The summed E-state index contributed by atoms with van der Waals surface area (Å²) in [6, 6.07) is 12.0. The van der Waals surface area contributed by atoms with Crippen LogP contribution in [0.2, 0.25) is 0 Å². The van der Waals surface area contributed by atoms with Crippen molar-refractivity contribution in [2.45, 2.75) is 13.0 Å². The zero-order chi connectivity index (χ0) is 21.7. The maximum absolute atomic E-state index is 12.6. The van der Waals surface area contributed by atoms with Crippen LogP contribution in [0.3, 0.4) is 0 Å². The third-order valence-corrected chi connectivity index (χ3v) is 4.86. The molecule has 3 aromatic rings. The van der Waals surface area contributed by atoms with Crippen LogP contribution in [0.5, 0.6) is 5.75 Å². The number of hydrogen-bond acceptors (Lipinski definition) is 5. The first-order valence-corrected chi connectivity index (χ1v) is 10.0. The van der Waals surface area contributed by atoms with E-state index >= 15 is 0 Å². The summed E-state index contributed by atoms with van der Waals surface area (Å²) in [5, 5.41) is 3.27. The van der Waals surface area contributed by atoms with E-state index in [1.165, 1.54) is 15.8 Å². The Labute approximate surface area is 181 Å². The molecular weight excluding hydrogens is 452 g/mol. The minimum Gasteiger partial charge on any atom is -0.484 e. The van der Waals surface area contributed by atoms with E-state index < -0.39 is 0 Å². The summed E-state index contributed by atoms with van der Waals surface area (Å²) in [6.07, 6.45) is 1.57. The van der Waals surface area contributed by atoms with E-state index in [2.05, 4.69) is 26.2 Å².